The Hall–Kier alpha value is -2.84. The number of amides is 1. The van der Waals surface area contributed by atoms with E-state index in [0.29, 0.717) is 29.9 Å². The lowest BCUT2D eigenvalue weighted by atomic mass is 10.1. The van der Waals surface area contributed by atoms with E-state index in [1.807, 2.05) is 0 Å². The van der Waals surface area contributed by atoms with Gasteiger partial charge in [-0.25, -0.2) is 9.78 Å². The van der Waals surface area contributed by atoms with Gasteiger partial charge in [0.1, 0.15) is 6.33 Å². The van der Waals surface area contributed by atoms with Gasteiger partial charge in [0.05, 0.1) is 23.0 Å². The highest BCUT2D eigenvalue weighted by atomic mass is 19.4. The van der Waals surface area contributed by atoms with Crippen molar-refractivity contribution in [1.29, 1.82) is 0 Å². The quantitative estimate of drug-likeness (QED) is 0.768. The molecule has 1 saturated heterocycles. The minimum Gasteiger partial charge on any atom is -0.451 e. The summed E-state index contributed by atoms with van der Waals surface area (Å²) in [5, 5.41) is 0. The van der Waals surface area contributed by atoms with Gasteiger partial charge in [0.15, 0.2) is 12.3 Å². The summed E-state index contributed by atoms with van der Waals surface area (Å²) in [4.78, 5) is 30.7. The van der Waals surface area contributed by atoms with Gasteiger partial charge in [0, 0.05) is 6.54 Å². The number of esters is 1. The number of carbonyl (C=O) groups excluding carboxylic acids is 2. The number of hydrogen-bond donors (Lipinski definition) is 0. The molecule has 0 bridgehead atoms. The fourth-order valence-electron chi connectivity index (χ4n) is 3.55. The second-order valence-electron chi connectivity index (χ2n) is 6.21. The van der Waals surface area contributed by atoms with Crippen LogP contribution in [0.4, 0.5) is 13.2 Å². The minimum absolute atomic E-state index is 0.165. The Balaban J connectivity index is 1.81. The predicted octanol–water partition coefficient (Wildman–Crippen LogP) is 2.88. The lowest BCUT2D eigenvalue weighted by Gasteiger charge is -2.22. The van der Waals surface area contributed by atoms with Crippen molar-refractivity contribution in [1.82, 2.24) is 14.5 Å². The Morgan fingerprint density at radius 3 is 2.85 bits per heavy atom. The zero-order valence-electron chi connectivity index (χ0n) is 13.5. The lowest BCUT2D eigenvalue weighted by molar-refractivity contribution is -0.161. The molecule has 1 atom stereocenters. The van der Waals surface area contributed by atoms with Crippen molar-refractivity contribution in [2.75, 3.05) is 13.2 Å². The smallest absolute Gasteiger partial charge is 0.422 e. The topological polar surface area (TPSA) is 64.4 Å². The molecule has 2 aromatic rings. The molecule has 1 amide bonds. The fraction of sp³-hybridized carbons (Fsp3) is 0.353. The molecule has 136 valence electrons. The first kappa shape index (κ1) is 16.6. The Morgan fingerprint density at radius 1 is 1.31 bits per heavy atom. The second kappa shape index (κ2) is 5.86. The van der Waals surface area contributed by atoms with Crippen LogP contribution in [-0.4, -0.2) is 45.7 Å². The number of nitrogens with zero attached hydrogens (tertiary/aromatic N) is 3. The highest BCUT2D eigenvalue weighted by Crippen LogP contribution is 2.39. The van der Waals surface area contributed by atoms with Crippen molar-refractivity contribution in [2.24, 2.45) is 0 Å². The van der Waals surface area contributed by atoms with Crippen molar-refractivity contribution in [3.05, 3.63) is 47.5 Å². The number of ether oxygens (including phenoxy) is 1. The van der Waals surface area contributed by atoms with Crippen LogP contribution in [0, 0.1) is 0 Å². The molecule has 9 heteroatoms. The minimum atomic E-state index is -4.62. The molecule has 0 radical (unpaired) electrons. The number of imidazole rings is 1. The van der Waals surface area contributed by atoms with Gasteiger partial charge in [0.25, 0.3) is 5.91 Å². The molecular weight excluding hydrogens is 351 g/mol. The Morgan fingerprint density at radius 2 is 2.08 bits per heavy atom. The summed E-state index contributed by atoms with van der Waals surface area (Å²) in [5.74, 6) is -1.31. The van der Waals surface area contributed by atoms with Gasteiger partial charge >= 0.3 is 12.1 Å². The first-order chi connectivity index (χ1) is 12.4. The summed E-state index contributed by atoms with van der Waals surface area (Å²) < 4.78 is 43.1. The van der Waals surface area contributed by atoms with Crippen molar-refractivity contribution in [2.45, 2.75) is 25.1 Å². The molecule has 2 aliphatic heterocycles. The fourth-order valence-corrected chi connectivity index (χ4v) is 3.55. The van der Waals surface area contributed by atoms with E-state index in [2.05, 4.69) is 9.72 Å². The van der Waals surface area contributed by atoms with Crippen LogP contribution in [0.15, 0.2) is 30.6 Å². The lowest BCUT2D eigenvalue weighted by Crippen LogP contribution is -2.30. The normalized spacial score (nSPS) is 18.8. The van der Waals surface area contributed by atoms with E-state index in [0.717, 1.165) is 6.42 Å². The maximum atomic E-state index is 12.9. The van der Waals surface area contributed by atoms with E-state index in [4.69, 9.17) is 0 Å². The summed E-state index contributed by atoms with van der Waals surface area (Å²) in [6.07, 6.45) is -1.92. The van der Waals surface area contributed by atoms with Gasteiger partial charge in [-0.1, -0.05) is 12.1 Å². The highest BCUT2D eigenvalue weighted by Gasteiger charge is 2.40. The van der Waals surface area contributed by atoms with Gasteiger partial charge in [0.2, 0.25) is 0 Å². The summed E-state index contributed by atoms with van der Waals surface area (Å²) in [6.45, 7) is -1.16. The van der Waals surface area contributed by atoms with E-state index >= 15 is 0 Å². The average molecular weight is 365 g/mol. The third-order valence-electron chi connectivity index (χ3n) is 4.59. The zero-order chi connectivity index (χ0) is 18.5. The standard InChI is InChI=1S/C17H14F3N3O3/c18-17(19,20)8-26-16(25)13-14-12-6-3-7-22(12)15(24)10-4-1-2-5-11(10)23(14)9-21-13/h1-2,4-5,9,12H,3,6-8H2/t12-/m0/s1. The van der Waals surface area contributed by atoms with Crippen molar-refractivity contribution >= 4 is 11.9 Å². The summed E-state index contributed by atoms with van der Waals surface area (Å²) >= 11 is 0. The molecule has 0 unspecified atom stereocenters. The van der Waals surface area contributed by atoms with E-state index < -0.39 is 24.8 Å². The van der Waals surface area contributed by atoms with Crippen LogP contribution in [0.1, 0.15) is 45.4 Å². The predicted molar refractivity (Wildman–Crippen MR) is 82.9 cm³/mol. The van der Waals surface area contributed by atoms with E-state index in [1.165, 1.54) is 6.33 Å². The van der Waals surface area contributed by atoms with Gasteiger partial charge < -0.3 is 9.64 Å². The molecule has 4 rings (SSSR count). The molecule has 1 aromatic heterocycles. The number of carbonyl (C=O) groups is 2. The molecular formula is C17H14F3N3O3. The molecule has 1 fully saturated rings. The monoisotopic (exact) mass is 365 g/mol. The number of aromatic nitrogens is 2. The van der Waals surface area contributed by atoms with Crippen LogP contribution in [0.5, 0.6) is 0 Å². The Kier molecular flexibility index (Phi) is 3.74. The zero-order valence-corrected chi connectivity index (χ0v) is 13.5. The molecule has 0 N–H and O–H groups in total. The summed E-state index contributed by atoms with van der Waals surface area (Å²) in [6, 6.07) is 6.46. The molecule has 0 aliphatic carbocycles. The largest absolute Gasteiger partial charge is 0.451 e. The van der Waals surface area contributed by atoms with Crippen LogP contribution in [0.25, 0.3) is 5.69 Å². The third kappa shape index (κ3) is 2.63. The van der Waals surface area contributed by atoms with Crippen LogP contribution >= 0.6 is 0 Å². The van der Waals surface area contributed by atoms with Crippen molar-refractivity contribution in [3.8, 4) is 5.69 Å². The van der Waals surface area contributed by atoms with Crippen molar-refractivity contribution < 1.29 is 27.5 Å². The van der Waals surface area contributed by atoms with E-state index in [-0.39, 0.29) is 11.6 Å². The Bertz CT molecular complexity index is 891. The molecule has 0 saturated carbocycles. The maximum absolute atomic E-state index is 12.9. The van der Waals surface area contributed by atoms with Crippen LogP contribution in [0.2, 0.25) is 0 Å². The molecule has 0 spiro atoms. The van der Waals surface area contributed by atoms with Gasteiger partial charge in [-0.2, -0.15) is 13.2 Å². The number of rotatable bonds is 2. The number of benzene rings is 1. The van der Waals surface area contributed by atoms with Crippen LogP contribution in [-0.2, 0) is 4.74 Å². The van der Waals surface area contributed by atoms with Gasteiger partial charge in [-0.15, -0.1) is 0 Å². The second-order valence-corrected chi connectivity index (χ2v) is 6.21. The number of alkyl halides is 3. The SMILES string of the molecule is O=C(OCC(F)(F)F)c1ncn2c1[C@@H]1CCCN1C(=O)c1ccccc1-2. The summed E-state index contributed by atoms with van der Waals surface area (Å²) in [7, 11) is 0. The first-order valence-electron chi connectivity index (χ1n) is 8.08. The van der Waals surface area contributed by atoms with Crippen LogP contribution < -0.4 is 0 Å². The number of halogens is 3. The number of para-hydroxylation sites is 1. The van der Waals surface area contributed by atoms with E-state index in [1.54, 1.807) is 33.7 Å². The first-order valence-corrected chi connectivity index (χ1v) is 8.08. The van der Waals surface area contributed by atoms with Crippen LogP contribution in [0.3, 0.4) is 0 Å². The van der Waals surface area contributed by atoms with E-state index in [9.17, 15) is 22.8 Å². The summed E-state index contributed by atoms with van der Waals surface area (Å²) in [5.41, 5.74) is 1.22. The van der Waals surface area contributed by atoms with Gasteiger partial charge in [-0.05, 0) is 25.0 Å². The maximum Gasteiger partial charge on any atom is 0.422 e. The molecule has 1 aromatic carbocycles. The average Bonchev–Trinajstić information content (AvgIpc) is 3.23. The molecule has 26 heavy (non-hydrogen) atoms. The van der Waals surface area contributed by atoms with Gasteiger partial charge in [-0.3, -0.25) is 9.36 Å². The molecule has 3 heterocycles. The highest BCUT2D eigenvalue weighted by molar-refractivity contribution is 5.99. The van der Waals surface area contributed by atoms with Crippen molar-refractivity contribution in [3.63, 3.8) is 0 Å². The molecule has 2 aliphatic rings. The number of hydrogen-bond acceptors (Lipinski definition) is 4. The molecule has 6 nitrogen and oxygen atoms in total. The Labute approximate surface area is 146 Å². The third-order valence-corrected chi connectivity index (χ3v) is 4.59. The number of fused-ring (bicyclic) bond motifs is 5.